The van der Waals surface area contributed by atoms with Gasteiger partial charge in [-0.15, -0.1) is 0 Å². The minimum atomic E-state index is -0.358. The summed E-state index contributed by atoms with van der Waals surface area (Å²) >= 11 is 12.3. The average Bonchev–Trinajstić information content (AvgIpc) is 3.00. The van der Waals surface area contributed by atoms with Crippen LogP contribution in [0.1, 0.15) is 45.5 Å². The number of nitrogens with one attached hydrogen (secondary N) is 2. The third-order valence-electron chi connectivity index (χ3n) is 8.04. The van der Waals surface area contributed by atoms with E-state index in [1.807, 2.05) is 12.1 Å². The first kappa shape index (κ1) is 30.4. The summed E-state index contributed by atoms with van der Waals surface area (Å²) in [4.78, 5) is 31.2. The number of hydrogen-bond acceptors (Lipinski definition) is 5. The molecule has 222 valence electrons. The molecule has 0 saturated carbocycles. The average molecular weight is 610 g/mol. The van der Waals surface area contributed by atoms with Crippen LogP contribution in [0.4, 0.5) is 11.4 Å². The fraction of sp³-hybridized carbons (Fsp3) is 0.394. The Morgan fingerprint density at radius 2 is 1.62 bits per heavy atom. The molecular formula is C33H38Cl2N4O3. The second-order valence-electron chi connectivity index (χ2n) is 11.0. The molecule has 2 aliphatic rings. The van der Waals surface area contributed by atoms with Crippen molar-refractivity contribution >= 4 is 46.4 Å². The van der Waals surface area contributed by atoms with Crippen molar-refractivity contribution in [3.05, 3.63) is 93.5 Å². The number of anilines is 2. The molecule has 42 heavy (non-hydrogen) atoms. The number of carbonyl (C=O) groups excluding carboxylic acids is 2. The zero-order valence-corrected chi connectivity index (χ0v) is 25.3. The molecule has 0 spiro atoms. The first-order valence-electron chi connectivity index (χ1n) is 14.7. The summed E-state index contributed by atoms with van der Waals surface area (Å²) in [5.74, 6) is 0.117. The SMILES string of the molecule is O=C(Nc1ccc(N2CCC(Cc3ccccc3)CC2)c(C(=O)NCCCN2CCOCC2)c1)c1ccc(Cl)cc1Cl. The Balaban J connectivity index is 1.27. The topological polar surface area (TPSA) is 73.9 Å². The molecule has 2 aliphatic heterocycles. The summed E-state index contributed by atoms with van der Waals surface area (Å²) < 4.78 is 5.43. The van der Waals surface area contributed by atoms with E-state index in [0.717, 1.165) is 77.3 Å². The largest absolute Gasteiger partial charge is 0.379 e. The normalized spacial score (nSPS) is 16.3. The molecule has 0 radical (unpaired) electrons. The highest BCUT2D eigenvalue weighted by Crippen LogP contribution is 2.31. The maximum Gasteiger partial charge on any atom is 0.257 e. The van der Waals surface area contributed by atoms with Crippen molar-refractivity contribution in [1.29, 1.82) is 0 Å². The van der Waals surface area contributed by atoms with Crippen molar-refractivity contribution in [2.24, 2.45) is 5.92 Å². The maximum absolute atomic E-state index is 13.5. The molecule has 3 aromatic carbocycles. The number of morpholine rings is 1. The Labute approximate surface area is 258 Å². The van der Waals surface area contributed by atoms with E-state index >= 15 is 0 Å². The first-order chi connectivity index (χ1) is 20.5. The van der Waals surface area contributed by atoms with Gasteiger partial charge >= 0.3 is 0 Å². The van der Waals surface area contributed by atoms with Gasteiger partial charge in [-0.05, 0) is 80.1 Å². The quantitative estimate of drug-likeness (QED) is 0.270. The zero-order chi connectivity index (χ0) is 29.3. The number of benzene rings is 3. The smallest absolute Gasteiger partial charge is 0.257 e. The van der Waals surface area contributed by atoms with Crippen LogP contribution in [0.2, 0.25) is 10.0 Å². The van der Waals surface area contributed by atoms with Crippen molar-refractivity contribution in [3.63, 3.8) is 0 Å². The molecule has 5 rings (SSSR count). The van der Waals surface area contributed by atoms with Gasteiger partial charge in [-0.25, -0.2) is 0 Å². The van der Waals surface area contributed by atoms with Crippen LogP contribution in [-0.4, -0.2) is 69.2 Å². The number of ether oxygens (including phenoxy) is 1. The van der Waals surface area contributed by atoms with Gasteiger partial charge in [0.15, 0.2) is 0 Å². The molecule has 0 aliphatic carbocycles. The van der Waals surface area contributed by atoms with E-state index in [0.29, 0.717) is 34.3 Å². The van der Waals surface area contributed by atoms with E-state index in [1.54, 1.807) is 24.3 Å². The highest BCUT2D eigenvalue weighted by Gasteiger charge is 2.24. The lowest BCUT2D eigenvalue weighted by molar-refractivity contribution is 0.0374. The van der Waals surface area contributed by atoms with E-state index in [-0.39, 0.29) is 16.8 Å². The van der Waals surface area contributed by atoms with Crippen molar-refractivity contribution in [2.45, 2.75) is 25.7 Å². The molecule has 7 nitrogen and oxygen atoms in total. The van der Waals surface area contributed by atoms with Gasteiger partial charge in [0.1, 0.15) is 0 Å². The molecule has 3 aromatic rings. The van der Waals surface area contributed by atoms with Crippen LogP contribution in [0.5, 0.6) is 0 Å². The predicted molar refractivity (Wildman–Crippen MR) is 170 cm³/mol. The third-order valence-corrected chi connectivity index (χ3v) is 8.59. The fourth-order valence-corrected chi connectivity index (χ4v) is 6.19. The Morgan fingerprint density at radius 1 is 0.857 bits per heavy atom. The predicted octanol–water partition coefficient (Wildman–Crippen LogP) is 6.16. The van der Waals surface area contributed by atoms with Gasteiger partial charge in [0.25, 0.3) is 11.8 Å². The van der Waals surface area contributed by atoms with Gasteiger partial charge in [-0.3, -0.25) is 14.5 Å². The van der Waals surface area contributed by atoms with Gasteiger partial charge in [-0.2, -0.15) is 0 Å². The van der Waals surface area contributed by atoms with Gasteiger partial charge < -0.3 is 20.3 Å². The van der Waals surface area contributed by atoms with Crippen LogP contribution in [0.15, 0.2) is 66.7 Å². The summed E-state index contributed by atoms with van der Waals surface area (Å²) in [5.41, 5.74) is 3.67. The standard InChI is InChI=1S/C33H38Cl2N4O3/c34-26-7-9-28(30(35)22-26)33(41)37-27-8-10-31(39-15-11-25(12-16-39)21-24-5-2-1-3-6-24)29(23-27)32(40)36-13-4-14-38-17-19-42-20-18-38/h1-3,5-10,22-23,25H,4,11-21H2,(H,36,40)(H,37,41). The van der Waals surface area contributed by atoms with Gasteiger partial charge in [-0.1, -0.05) is 53.5 Å². The summed E-state index contributed by atoms with van der Waals surface area (Å²) in [5, 5.41) is 6.75. The molecule has 9 heteroatoms. The van der Waals surface area contributed by atoms with Crippen LogP contribution in [-0.2, 0) is 11.2 Å². The van der Waals surface area contributed by atoms with E-state index in [9.17, 15) is 9.59 Å². The van der Waals surface area contributed by atoms with Crippen LogP contribution in [0.3, 0.4) is 0 Å². The molecule has 0 bridgehead atoms. The number of amides is 2. The third kappa shape index (κ3) is 8.26. The number of piperidine rings is 1. The molecule has 2 saturated heterocycles. The Hall–Kier alpha value is -3.10. The van der Waals surface area contributed by atoms with Crippen LogP contribution in [0.25, 0.3) is 0 Å². The molecule has 0 unspecified atom stereocenters. The van der Waals surface area contributed by atoms with Crippen molar-refractivity contribution < 1.29 is 14.3 Å². The summed E-state index contributed by atoms with van der Waals surface area (Å²) in [7, 11) is 0. The number of carbonyl (C=O) groups is 2. The summed E-state index contributed by atoms with van der Waals surface area (Å²) in [6.07, 6.45) is 4.05. The molecule has 0 atom stereocenters. The summed E-state index contributed by atoms with van der Waals surface area (Å²) in [6, 6.07) is 21.0. The highest BCUT2D eigenvalue weighted by atomic mass is 35.5. The number of hydrogen-bond donors (Lipinski definition) is 2. The van der Waals surface area contributed by atoms with Gasteiger partial charge in [0.05, 0.1) is 29.4 Å². The van der Waals surface area contributed by atoms with E-state index in [1.165, 1.54) is 5.56 Å². The molecule has 2 N–H and O–H groups in total. The lowest BCUT2D eigenvalue weighted by Crippen LogP contribution is -2.38. The van der Waals surface area contributed by atoms with Crippen molar-refractivity contribution in [1.82, 2.24) is 10.2 Å². The molecule has 2 amide bonds. The first-order valence-corrected chi connectivity index (χ1v) is 15.5. The van der Waals surface area contributed by atoms with E-state index in [4.69, 9.17) is 27.9 Å². The Morgan fingerprint density at radius 3 is 2.36 bits per heavy atom. The Kier molecular flexibility index (Phi) is 10.8. The van der Waals surface area contributed by atoms with Crippen molar-refractivity contribution in [2.75, 3.05) is 62.7 Å². The fourth-order valence-electron chi connectivity index (χ4n) is 5.69. The van der Waals surface area contributed by atoms with Gasteiger partial charge in [0, 0.05) is 49.1 Å². The van der Waals surface area contributed by atoms with Crippen LogP contribution in [0, 0.1) is 5.92 Å². The van der Waals surface area contributed by atoms with E-state index in [2.05, 4.69) is 50.8 Å². The second-order valence-corrected chi connectivity index (χ2v) is 11.8. The maximum atomic E-state index is 13.5. The number of rotatable bonds is 10. The zero-order valence-electron chi connectivity index (χ0n) is 23.8. The molecule has 0 aromatic heterocycles. The number of nitrogens with zero attached hydrogens (tertiary/aromatic N) is 2. The summed E-state index contributed by atoms with van der Waals surface area (Å²) in [6.45, 7) is 6.63. The molecule has 2 heterocycles. The Bertz CT molecular complexity index is 1360. The highest BCUT2D eigenvalue weighted by molar-refractivity contribution is 6.37. The monoisotopic (exact) mass is 608 g/mol. The second kappa shape index (κ2) is 14.9. The lowest BCUT2D eigenvalue weighted by Gasteiger charge is -2.35. The molecule has 2 fully saturated rings. The minimum absolute atomic E-state index is 0.140. The van der Waals surface area contributed by atoms with Gasteiger partial charge in [0.2, 0.25) is 0 Å². The molecular weight excluding hydrogens is 571 g/mol. The lowest BCUT2D eigenvalue weighted by atomic mass is 9.89. The van der Waals surface area contributed by atoms with Crippen molar-refractivity contribution in [3.8, 4) is 0 Å². The minimum Gasteiger partial charge on any atom is -0.379 e. The van der Waals surface area contributed by atoms with E-state index < -0.39 is 0 Å². The number of halogens is 2. The van der Waals surface area contributed by atoms with Crippen LogP contribution >= 0.6 is 23.2 Å². The van der Waals surface area contributed by atoms with Crippen LogP contribution < -0.4 is 15.5 Å².